The van der Waals surface area contributed by atoms with E-state index < -0.39 is 50.7 Å². The molecule has 3 rings (SSSR count). The second kappa shape index (κ2) is 8.98. The Morgan fingerprint density at radius 3 is 2.48 bits per heavy atom. The van der Waals surface area contributed by atoms with Gasteiger partial charge in [-0.15, -0.1) is 0 Å². The Balaban J connectivity index is 1.97. The van der Waals surface area contributed by atoms with Gasteiger partial charge in [0, 0.05) is 23.8 Å². The van der Waals surface area contributed by atoms with Crippen molar-refractivity contribution in [1.29, 1.82) is 0 Å². The SMILES string of the molecule is CC(NC(=O)c1ccc(=O)n(-c2ccccc2F)n1)c1cc([N+](=O)[O-])cc(C(F)(F)F)c1Cl. The summed E-state index contributed by atoms with van der Waals surface area (Å²) in [6.45, 7) is 1.26. The molecule has 8 nitrogen and oxygen atoms in total. The second-order valence-corrected chi connectivity index (χ2v) is 7.14. The van der Waals surface area contributed by atoms with Crippen LogP contribution in [0.1, 0.15) is 34.6 Å². The number of carbonyl (C=O) groups excluding carboxylic acids is 1. The van der Waals surface area contributed by atoms with Crippen LogP contribution in [0.2, 0.25) is 5.02 Å². The molecular weight excluding hydrogens is 472 g/mol. The first-order valence-electron chi connectivity index (χ1n) is 9.11. The van der Waals surface area contributed by atoms with E-state index in [1.807, 2.05) is 0 Å². The van der Waals surface area contributed by atoms with Gasteiger partial charge in [0.1, 0.15) is 17.2 Å². The van der Waals surface area contributed by atoms with E-state index in [0.29, 0.717) is 10.7 Å². The highest BCUT2D eigenvalue weighted by atomic mass is 35.5. The predicted octanol–water partition coefficient (Wildman–Crippen LogP) is 4.44. The van der Waals surface area contributed by atoms with Gasteiger partial charge in [0.25, 0.3) is 17.2 Å². The van der Waals surface area contributed by atoms with E-state index >= 15 is 0 Å². The Kier molecular flexibility index (Phi) is 6.49. The van der Waals surface area contributed by atoms with Gasteiger partial charge in [-0.3, -0.25) is 19.7 Å². The number of rotatable bonds is 5. The fourth-order valence-corrected chi connectivity index (χ4v) is 3.31. The smallest absolute Gasteiger partial charge is 0.344 e. The molecule has 1 aromatic heterocycles. The van der Waals surface area contributed by atoms with Crippen LogP contribution in [-0.2, 0) is 6.18 Å². The third-order valence-electron chi connectivity index (χ3n) is 4.53. The standard InChI is InChI=1S/C20H13ClF4N4O4/c1-10(12-8-11(29(32)33)9-13(18(12)21)20(23,24)25)26-19(31)15-6-7-17(30)28(27-15)16-5-3-2-4-14(16)22/h2-10H,1H3,(H,26,31). The maximum Gasteiger partial charge on any atom is 0.418 e. The molecule has 0 aliphatic heterocycles. The number of alkyl halides is 3. The third-order valence-corrected chi connectivity index (χ3v) is 4.95. The molecule has 1 unspecified atom stereocenters. The highest BCUT2D eigenvalue weighted by Gasteiger charge is 2.37. The fourth-order valence-electron chi connectivity index (χ4n) is 2.93. The van der Waals surface area contributed by atoms with Crippen LogP contribution in [0.4, 0.5) is 23.2 Å². The zero-order chi connectivity index (χ0) is 24.5. The van der Waals surface area contributed by atoms with Gasteiger partial charge in [-0.25, -0.2) is 4.39 Å². The van der Waals surface area contributed by atoms with Gasteiger partial charge in [0.2, 0.25) is 0 Å². The van der Waals surface area contributed by atoms with Crippen molar-refractivity contribution in [2.75, 3.05) is 0 Å². The number of hydrogen-bond acceptors (Lipinski definition) is 5. The average molecular weight is 485 g/mol. The van der Waals surface area contributed by atoms with E-state index in [0.717, 1.165) is 24.3 Å². The van der Waals surface area contributed by atoms with Crippen molar-refractivity contribution in [3.8, 4) is 5.69 Å². The average Bonchev–Trinajstić information content (AvgIpc) is 2.73. The lowest BCUT2D eigenvalue weighted by atomic mass is 10.0. The number of amides is 1. The molecule has 0 fully saturated rings. The summed E-state index contributed by atoms with van der Waals surface area (Å²) >= 11 is 5.84. The summed E-state index contributed by atoms with van der Waals surface area (Å²) in [7, 11) is 0. The molecule has 1 atom stereocenters. The molecule has 0 saturated heterocycles. The molecular formula is C20H13ClF4N4O4. The Hall–Kier alpha value is -3.80. The van der Waals surface area contributed by atoms with Crippen LogP contribution >= 0.6 is 11.6 Å². The molecule has 1 N–H and O–H groups in total. The zero-order valence-corrected chi connectivity index (χ0v) is 17.3. The minimum Gasteiger partial charge on any atom is -0.344 e. The van der Waals surface area contributed by atoms with Crippen LogP contribution in [0.15, 0.2) is 53.3 Å². The number of halogens is 5. The number of nitro benzene ring substituents is 1. The minimum atomic E-state index is -4.97. The maximum absolute atomic E-state index is 14.0. The number of nitrogens with zero attached hydrogens (tertiary/aromatic N) is 3. The molecule has 0 bridgehead atoms. The van der Waals surface area contributed by atoms with Crippen LogP contribution in [-0.4, -0.2) is 20.6 Å². The van der Waals surface area contributed by atoms with Crippen molar-refractivity contribution in [3.05, 3.63) is 96.7 Å². The summed E-state index contributed by atoms with van der Waals surface area (Å²) in [4.78, 5) is 34.8. The van der Waals surface area contributed by atoms with Gasteiger partial charge in [-0.1, -0.05) is 23.7 Å². The first-order chi connectivity index (χ1) is 15.4. The Bertz CT molecular complexity index is 1310. The van der Waals surface area contributed by atoms with Crippen LogP contribution in [0, 0.1) is 15.9 Å². The first-order valence-corrected chi connectivity index (χ1v) is 9.49. The first kappa shape index (κ1) is 23.9. The molecule has 0 aliphatic carbocycles. The summed E-state index contributed by atoms with van der Waals surface area (Å²) in [5.74, 6) is -1.72. The highest BCUT2D eigenvalue weighted by molar-refractivity contribution is 6.32. The van der Waals surface area contributed by atoms with E-state index in [1.54, 1.807) is 0 Å². The van der Waals surface area contributed by atoms with E-state index in [-0.39, 0.29) is 16.9 Å². The van der Waals surface area contributed by atoms with E-state index in [1.165, 1.54) is 25.1 Å². The minimum absolute atomic E-state index is 0.221. The Morgan fingerprint density at radius 2 is 1.88 bits per heavy atom. The molecule has 2 aromatic carbocycles. The number of nitrogens with one attached hydrogen (secondary N) is 1. The Morgan fingerprint density at radius 1 is 1.21 bits per heavy atom. The fraction of sp³-hybridized carbons (Fsp3) is 0.150. The predicted molar refractivity (Wildman–Crippen MR) is 109 cm³/mol. The van der Waals surface area contributed by atoms with E-state index in [2.05, 4.69) is 10.4 Å². The van der Waals surface area contributed by atoms with Gasteiger partial charge >= 0.3 is 6.18 Å². The number of non-ortho nitro benzene ring substituents is 1. The highest BCUT2D eigenvalue weighted by Crippen LogP contribution is 2.40. The Labute approximate surface area is 187 Å². The number of aromatic nitrogens is 2. The van der Waals surface area contributed by atoms with Crippen LogP contribution < -0.4 is 10.9 Å². The number of carbonyl (C=O) groups is 1. The largest absolute Gasteiger partial charge is 0.418 e. The van der Waals surface area contributed by atoms with Crippen molar-refractivity contribution in [2.45, 2.75) is 19.1 Å². The summed E-state index contributed by atoms with van der Waals surface area (Å²) in [5, 5.41) is 16.4. The van der Waals surface area contributed by atoms with E-state index in [9.17, 15) is 37.3 Å². The lowest BCUT2D eigenvalue weighted by Gasteiger charge is -2.18. The summed E-state index contributed by atoms with van der Waals surface area (Å²) in [6.07, 6.45) is -4.97. The number of nitro groups is 1. The number of hydrogen-bond donors (Lipinski definition) is 1. The molecule has 0 saturated carbocycles. The van der Waals surface area contributed by atoms with Gasteiger partial charge < -0.3 is 5.32 Å². The molecule has 13 heteroatoms. The normalized spacial score (nSPS) is 12.3. The van der Waals surface area contributed by atoms with E-state index in [4.69, 9.17) is 11.6 Å². The molecule has 0 spiro atoms. The van der Waals surface area contributed by atoms with Crippen molar-refractivity contribution >= 4 is 23.2 Å². The topological polar surface area (TPSA) is 107 Å². The van der Waals surface area contributed by atoms with Crippen molar-refractivity contribution in [3.63, 3.8) is 0 Å². The number of para-hydroxylation sites is 1. The zero-order valence-electron chi connectivity index (χ0n) is 16.6. The number of benzene rings is 2. The molecule has 0 aliphatic rings. The van der Waals surface area contributed by atoms with Crippen LogP contribution in [0.25, 0.3) is 5.69 Å². The third kappa shape index (κ3) is 5.00. The van der Waals surface area contributed by atoms with Gasteiger partial charge in [-0.05, 0) is 25.1 Å². The molecule has 172 valence electrons. The summed E-state index contributed by atoms with van der Waals surface area (Å²) in [5.41, 5.74) is -3.96. The molecule has 1 amide bonds. The molecule has 33 heavy (non-hydrogen) atoms. The van der Waals surface area contributed by atoms with Crippen molar-refractivity contribution < 1.29 is 27.3 Å². The summed E-state index contributed by atoms with van der Waals surface area (Å²) in [6, 6.07) is 7.07. The molecule has 0 radical (unpaired) electrons. The summed E-state index contributed by atoms with van der Waals surface area (Å²) < 4.78 is 54.5. The van der Waals surface area contributed by atoms with Gasteiger partial charge in [0.15, 0.2) is 0 Å². The quantitative estimate of drug-likeness (QED) is 0.327. The monoisotopic (exact) mass is 484 g/mol. The lowest BCUT2D eigenvalue weighted by Crippen LogP contribution is -2.31. The van der Waals surface area contributed by atoms with Crippen LogP contribution in [0.5, 0.6) is 0 Å². The van der Waals surface area contributed by atoms with Gasteiger partial charge in [0.05, 0.1) is 21.6 Å². The van der Waals surface area contributed by atoms with Crippen LogP contribution in [0.3, 0.4) is 0 Å². The molecule has 1 heterocycles. The van der Waals surface area contributed by atoms with Crippen molar-refractivity contribution in [2.24, 2.45) is 0 Å². The lowest BCUT2D eigenvalue weighted by molar-refractivity contribution is -0.385. The molecule has 3 aromatic rings. The second-order valence-electron chi connectivity index (χ2n) is 6.77. The maximum atomic E-state index is 14.0. The van der Waals surface area contributed by atoms with Gasteiger partial charge in [-0.2, -0.15) is 23.0 Å². The van der Waals surface area contributed by atoms with Crippen molar-refractivity contribution in [1.82, 2.24) is 15.1 Å².